The topological polar surface area (TPSA) is 76.5 Å². The highest BCUT2D eigenvalue weighted by molar-refractivity contribution is 7.98. The third-order valence-corrected chi connectivity index (χ3v) is 6.52. The average Bonchev–Trinajstić information content (AvgIpc) is 3.32. The van der Waals surface area contributed by atoms with Gasteiger partial charge in [0.2, 0.25) is 5.91 Å². The number of nitrogens with two attached hydrogens (primary N) is 1. The van der Waals surface area contributed by atoms with Crippen LogP contribution in [0.1, 0.15) is 22.5 Å². The first-order valence-electron chi connectivity index (χ1n) is 9.01. The normalized spacial score (nSPS) is 16.6. The van der Waals surface area contributed by atoms with E-state index in [2.05, 4.69) is 0 Å². The number of halogens is 1. The SMILES string of the molecule is NC(=O)[C@@H]1CCN(C(=O)c2oc3ccccc3c2CSc2ccccc2Cl)C1. The molecule has 28 heavy (non-hydrogen) atoms. The first kappa shape index (κ1) is 18.9. The summed E-state index contributed by atoms with van der Waals surface area (Å²) in [6, 6.07) is 15.2. The maximum absolute atomic E-state index is 13.1. The molecule has 0 spiro atoms. The fourth-order valence-electron chi connectivity index (χ4n) is 3.45. The van der Waals surface area contributed by atoms with Crippen LogP contribution in [-0.4, -0.2) is 29.8 Å². The summed E-state index contributed by atoms with van der Waals surface area (Å²) in [5.41, 5.74) is 6.91. The van der Waals surface area contributed by atoms with Gasteiger partial charge in [0.1, 0.15) is 5.58 Å². The largest absolute Gasteiger partial charge is 0.451 e. The molecule has 5 nitrogen and oxygen atoms in total. The maximum Gasteiger partial charge on any atom is 0.289 e. The van der Waals surface area contributed by atoms with Crippen LogP contribution in [-0.2, 0) is 10.5 Å². The van der Waals surface area contributed by atoms with Gasteiger partial charge in [-0.2, -0.15) is 0 Å². The number of amides is 2. The Morgan fingerprint density at radius 3 is 2.68 bits per heavy atom. The van der Waals surface area contributed by atoms with Crippen LogP contribution in [0.15, 0.2) is 57.8 Å². The van der Waals surface area contributed by atoms with Crippen LogP contribution in [0.3, 0.4) is 0 Å². The number of benzene rings is 2. The van der Waals surface area contributed by atoms with Crippen LogP contribution >= 0.6 is 23.4 Å². The van der Waals surface area contributed by atoms with Gasteiger partial charge in [-0.1, -0.05) is 41.9 Å². The molecule has 1 atom stereocenters. The highest BCUT2D eigenvalue weighted by Gasteiger charge is 2.33. The molecule has 0 unspecified atom stereocenters. The van der Waals surface area contributed by atoms with E-state index >= 15 is 0 Å². The van der Waals surface area contributed by atoms with Gasteiger partial charge in [-0.15, -0.1) is 11.8 Å². The Morgan fingerprint density at radius 2 is 1.93 bits per heavy atom. The first-order valence-corrected chi connectivity index (χ1v) is 10.4. The lowest BCUT2D eigenvalue weighted by molar-refractivity contribution is -0.121. The molecule has 4 rings (SSSR count). The van der Waals surface area contributed by atoms with Gasteiger partial charge in [-0.05, 0) is 24.6 Å². The number of hydrogen-bond acceptors (Lipinski definition) is 4. The van der Waals surface area contributed by atoms with Gasteiger partial charge in [0.05, 0.1) is 10.9 Å². The van der Waals surface area contributed by atoms with Crippen molar-refractivity contribution in [1.82, 2.24) is 4.90 Å². The lowest BCUT2D eigenvalue weighted by atomic mass is 10.1. The Kier molecular flexibility index (Phi) is 5.33. The number of para-hydroxylation sites is 1. The van der Waals surface area contributed by atoms with E-state index in [1.807, 2.05) is 48.5 Å². The molecule has 2 amide bonds. The predicted molar refractivity (Wildman–Crippen MR) is 110 cm³/mol. The van der Waals surface area contributed by atoms with Crippen molar-refractivity contribution in [1.29, 1.82) is 0 Å². The number of likely N-dealkylation sites (tertiary alicyclic amines) is 1. The molecule has 0 bridgehead atoms. The summed E-state index contributed by atoms with van der Waals surface area (Å²) in [4.78, 5) is 27.2. The van der Waals surface area contributed by atoms with Crippen LogP contribution in [0.2, 0.25) is 5.02 Å². The lowest BCUT2D eigenvalue weighted by Crippen LogP contribution is -2.32. The second-order valence-corrected chi connectivity index (χ2v) is 8.19. The van der Waals surface area contributed by atoms with E-state index in [-0.39, 0.29) is 17.7 Å². The first-order chi connectivity index (χ1) is 13.5. The van der Waals surface area contributed by atoms with Crippen LogP contribution < -0.4 is 5.73 Å². The van der Waals surface area contributed by atoms with Crippen molar-refractivity contribution < 1.29 is 14.0 Å². The molecule has 1 saturated heterocycles. The number of primary amides is 1. The molecule has 1 fully saturated rings. The van der Waals surface area contributed by atoms with Gasteiger partial charge in [-0.25, -0.2) is 0 Å². The zero-order valence-electron chi connectivity index (χ0n) is 15.1. The number of furan rings is 1. The molecule has 3 aromatic rings. The van der Waals surface area contributed by atoms with E-state index in [9.17, 15) is 9.59 Å². The van der Waals surface area contributed by atoms with E-state index in [0.29, 0.717) is 41.6 Å². The van der Waals surface area contributed by atoms with E-state index in [4.69, 9.17) is 21.8 Å². The van der Waals surface area contributed by atoms with Crippen LogP contribution in [0.5, 0.6) is 0 Å². The molecule has 1 aliphatic rings. The minimum atomic E-state index is -0.366. The van der Waals surface area contributed by atoms with Gasteiger partial charge >= 0.3 is 0 Å². The Morgan fingerprint density at radius 1 is 1.18 bits per heavy atom. The minimum absolute atomic E-state index is 0.199. The fourth-order valence-corrected chi connectivity index (χ4v) is 4.71. The molecule has 1 aliphatic heterocycles. The second kappa shape index (κ2) is 7.89. The third kappa shape index (κ3) is 3.62. The van der Waals surface area contributed by atoms with Gasteiger partial charge in [-0.3, -0.25) is 9.59 Å². The van der Waals surface area contributed by atoms with E-state index in [1.165, 1.54) is 0 Å². The molecule has 0 saturated carbocycles. The average molecular weight is 415 g/mol. The van der Waals surface area contributed by atoms with Gasteiger partial charge in [0, 0.05) is 34.7 Å². The van der Waals surface area contributed by atoms with E-state index < -0.39 is 0 Å². The summed E-state index contributed by atoms with van der Waals surface area (Å²) in [5.74, 6) is 0.0128. The molecule has 1 aromatic heterocycles. The predicted octanol–water partition coefficient (Wildman–Crippen LogP) is 4.33. The van der Waals surface area contributed by atoms with Gasteiger partial charge < -0.3 is 15.1 Å². The molecule has 2 aromatic carbocycles. The number of carbonyl (C=O) groups is 2. The Bertz CT molecular complexity index is 1050. The number of carbonyl (C=O) groups excluding carboxylic acids is 2. The summed E-state index contributed by atoms with van der Waals surface area (Å²) in [5, 5.41) is 1.59. The van der Waals surface area contributed by atoms with Crippen molar-refractivity contribution in [3.8, 4) is 0 Å². The lowest BCUT2D eigenvalue weighted by Gasteiger charge is -2.15. The molecule has 0 radical (unpaired) electrons. The zero-order valence-corrected chi connectivity index (χ0v) is 16.6. The monoisotopic (exact) mass is 414 g/mol. The zero-order chi connectivity index (χ0) is 19.7. The minimum Gasteiger partial charge on any atom is -0.451 e. The summed E-state index contributed by atoms with van der Waals surface area (Å²) in [6.45, 7) is 0.836. The number of thioether (sulfide) groups is 1. The number of nitrogens with zero attached hydrogens (tertiary/aromatic N) is 1. The standard InChI is InChI=1S/C21H19ClN2O3S/c22-16-6-2-4-8-18(16)28-12-15-14-5-1-3-7-17(14)27-19(15)21(26)24-10-9-13(11-24)20(23)25/h1-8,13H,9-12H2,(H2,23,25)/t13-/m1/s1. The van der Waals surface area contributed by atoms with Crippen LogP contribution in [0, 0.1) is 5.92 Å². The van der Waals surface area contributed by atoms with E-state index in [1.54, 1.807) is 16.7 Å². The summed E-state index contributed by atoms with van der Waals surface area (Å²) in [7, 11) is 0. The summed E-state index contributed by atoms with van der Waals surface area (Å²) < 4.78 is 5.93. The van der Waals surface area contributed by atoms with Gasteiger partial charge in [0.15, 0.2) is 5.76 Å². The molecule has 0 aliphatic carbocycles. The highest BCUT2D eigenvalue weighted by atomic mass is 35.5. The van der Waals surface area contributed by atoms with Crippen LogP contribution in [0.25, 0.3) is 11.0 Å². The Hall–Kier alpha value is -2.44. The highest BCUT2D eigenvalue weighted by Crippen LogP contribution is 2.35. The summed E-state index contributed by atoms with van der Waals surface area (Å²) in [6.07, 6.45) is 0.588. The van der Waals surface area contributed by atoms with E-state index in [0.717, 1.165) is 15.8 Å². The van der Waals surface area contributed by atoms with Crippen molar-refractivity contribution >= 4 is 46.1 Å². The third-order valence-electron chi connectivity index (χ3n) is 4.98. The fraction of sp³-hybridized carbons (Fsp3) is 0.238. The maximum atomic E-state index is 13.1. The number of hydrogen-bond donors (Lipinski definition) is 1. The molecule has 144 valence electrons. The molecule has 2 heterocycles. The molecular formula is C21H19ClN2O3S. The molecule has 2 N–H and O–H groups in total. The smallest absolute Gasteiger partial charge is 0.289 e. The van der Waals surface area contributed by atoms with Crippen LogP contribution in [0.4, 0.5) is 0 Å². The van der Waals surface area contributed by atoms with Crippen molar-refractivity contribution in [3.05, 3.63) is 64.9 Å². The van der Waals surface area contributed by atoms with Gasteiger partial charge in [0.25, 0.3) is 5.91 Å². The van der Waals surface area contributed by atoms with Crippen molar-refractivity contribution in [2.75, 3.05) is 13.1 Å². The van der Waals surface area contributed by atoms with Crippen molar-refractivity contribution in [2.24, 2.45) is 11.7 Å². The number of fused-ring (bicyclic) bond motifs is 1. The molecule has 7 heteroatoms. The summed E-state index contributed by atoms with van der Waals surface area (Å²) >= 11 is 7.83. The quantitative estimate of drug-likeness (QED) is 0.630. The Balaban J connectivity index is 1.64. The second-order valence-electron chi connectivity index (χ2n) is 6.76. The number of rotatable bonds is 5. The Labute approximate surface area is 171 Å². The van der Waals surface area contributed by atoms with Crippen molar-refractivity contribution in [3.63, 3.8) is 0 Å². The van der Waals surface area contributed by atoms with Crippen molar-refractivity contribution in [2.45, 2.75) is 17.1 Å². The molecular weight excluding hydrogens is 396 g/mol.